The smallest absolute Gasteiger partial charge is 0.254 e. The number of benzene rings is 1. The Kier molecular flexibility index (Phi) is 4.67. The summed E-state index contributed by atoms with van der Waals surface area (Å²) in [4.78, 5) is 11.0. The van der Waals surface area contributed by atoms with Gasteiger partial charge in [-0.1, -0.05) is 28.1 Å². The zero-order chi connectivity index (χ0) is 12.0. The molecule has 0 heterocycles. The van der Waals surface area contributed by atoms with Crippen LogP contribution >= 0.6 is 15.9 Å². The van der Waals surface area contributed by atoms with Crippen molar-refractivity contribution >= 4 is 27.5 Å². The highest BCUT2D eigenvalue weighted by Gasteiger charge is 2.00. The van der Waals surface area contributed by atoms with E-state index in [1.807, 2.05) is 24.3 Å². The van der Waals surface area contributed by atoms with Crippen LogP contribution in [0, 0.1) is 11.3 Å². The number of hydrogen-bond donors (Lipinski definition) is 1. The molecule has 4 nitrogen and oxygen atoms in total. The van der Waals surface area contributed by atoms with Crippen molar-refractivity contribution in [2.24, 2.45) is 5.10 Å². The van der Waals surface area contributed by atoms with Gasteiger partial charge in [0.25, 0.3) is 5.91 Å². The zero-order valence-corrected chi connectivity index (χ0v) is 10.3. The third-order valence-corrected chi connectivity index (χ3v) is 2.38. The summed E-state index contributed by atoms with van der Waals surface area (Å²) in [6.45, 7) is 1.79. The number of halogens is 1. The highest BCUT2D eigenvalue weighted by Crippen LogP contribution is 2.10. The minimum atomic E-state index is -0.404. The molecule has 0 saturated carbocycles. The van der Waals surface area contributed by atoms with Gasteiger partial charge in [-0.15, -0.1) is 0 Å². The van der Waals surface area contributed by atoms with E-state index in [4.69, 9.17) is 5.26 Å². The Morgan fingerprint density at radius 3 is 2.69 bits per heavy atom. The molecule has 0 unspecified atom stereocenters. The lowest BCUT2D eigenvalue weighted by Gasteiger charge is -2.01. The first-order chi connectivity index (χ1) is 7.63. The summed E-state index contributed by atoms with van der Waals surface area (Å²) in [6.07, 6.45) is -0.183. The van der Waals surface area contributed by atoms with Crippen LogP contribution in [0.3, 0.4) is 0 Å². The minimum absolute atomic E-state index is 0.183. The summed E-state index contributed by atoms with van der Waals surface area (Å²) in [5.41, 5.74) is 3.92. The molecule has 0 aliphatic carbocycles. The van der Waals surface area contributed by atoms with E-state index >= 15 is 0 Å². The van der Waals surface area contributed by atoms with E-state index in [1.165, 1.54) is 0 Å². The third kappa shape index (κ3) is 3.83. The lowest BCUT2D eigenvalue weighted by atomic mass is 10.1. The Hall–Kier alpha value is -1.67. The second-order valence-electron chi connectivity index (χ2n) is 3.07. The maximum Gasteiger partial charge on any atom is 0.254 e. The summed E-state index contributed by atoms with van der Waals surface area (Å²) < 4.78 is 0.984. The van der Waals surface area contributed by atoms with Gasteiger partial charge in [-0.25, -0.2) is 5.43 Å². The average molecular weight is 280 g/mol. The van der Waals surface area contributed by atoms with Gasteiger partial charge in [0.2, 0.25) is 0 Å². The molecule has 0 bridgehead atoms. The molecule has 1 aromatic rings. The van der Waals surface area contributed by atoms with Gasteiger partial charge in [0.1, 0.15) is 6.42 Å². The summed E-state index contributed by atoms with van der Waals surface area (Å²) in [5.74, 6) is -0.404. The molecule has 1 amide bonds. The number of nitrogens with zero attached hydrogens (tertiary/aromatic N) is 2. The molecule has 5 heteroatoms. The summed E-state index contributed by atoms with van der Waals surface area (Å²) in [5, 5.41) is 12.2. The van der Waals surface area contributed by atoms with Crippen LogP contribution in [0.25, 0.3) is 0 Å². The predicted octanol–water partition coefficient (Wildman–Crippen LogP) is 2.20. The van der Waals surface area contributed by atoms with Crippen LogP contribution < -0.4 is 5.43 Å². The molecular weight excluding hydrogens is 270 g/mol. The second kappa shape index (κ2) is 6.03. The van der Waals surface area contributed by atoms with Crippen molar-refractivity contribution in [3.05, 3.63) is 34.3 Å². The SMILES string of the molecule is C/C(=N\NC(=O)CC#N)c1ccc(Br)cc1. The predicted molar refractivity (Wildman–Crippen MR) is 64.7 cm³/mol. The highest BCUT2D eigenvalue weighted by atomic mass is 79.9. The normalized spacial score (nSPS) is 10.7. The van der Waals surface area contributed by atoms with Gasteiger partial charge in [-0.3, -0.25) is 4.79 Å². The van der Waals surface area contributed by atoms with Gasteiger partial charge < -0.3 is 0 Å². The lowest BCUT2D eigenvalue weighted by Crippen LogP contribution is -2.18. The van der Waals surface area contributed by atoms with Gasteiger partial charge >= 0.3 is 0 Å². The second-order valence-corrected chi connectivity index (χ2v) is 3.99. The topological polar surface area (TPSA) is 65.2 Å². The minimum Gasteiger partial charge on any atom is -0.272 e. The molecule has 1 aromatic carbocycles. The van der Waals surface area contributed by atoms with E-state index < -0.39 is 5.91 Å². The van der Waals surface area contributed by atoms with Crippen LogP contribution in [0.1, 0.15) is 18.9 Å². The molecule has 0 aliphatic heterocycles. The fraction of sp³-hybridized carbons (Fsp3) is 0.182. The third-order valence-electron chi connectivity index (χ3n) is 1.85. The van der Waals surface area contributed by atoms with Crippen LogP contribution in [-0.4, -0.2) is 11.6 Å². The first kappa shape index (κ1) is 12.4. The van der Waals surface area contributed by atoms with Crippen LogP contribution in [0.2, 0.25) is 0 Å². The summed E-state index contributed by atoms with van der Waals surface area (Å²) >= 11 is 3.33. The molecule has 0 spiro atoms. The number of carbonyl (C=O) groups excluding carboxylic acids is 1. The van der Waals surface area contributed by atoms with E-state index in [0.29, 0.717) is 5.71 Å². The first-order valence-corrected chi connectivity index (χ1v) is 5.39. The van der Waals surface area contributed by atoms with Crippen molar-refractivity contribution in [3.63, 3.8) is 0 Å². The number of amides is 1. The van der Waals surface area contributed by atoms with Crippen LogP contribution in [0.4, 0.5) is 0 Å². The molecule has 0 atom stereocenters. The Labute approximate surface area is 102 Å². The quantitative estimate of drug-likeness (QED) is 0.681. The molecule has 0 fully saturated rings. The van der Waals surface area contributed by atoms with Gasteiger partial charge in [-0.05, 0) is 24.6 Å². The molecule has 16 heavy (non-hydrogen) atoms. The van der Waals surface area contributed by atoms with E-state index in [0.717, 1.165) is 10.0 Å². The number of nitrogens with one attached hydrogen (secondary N) is 1. The van der Waals surface area contributed by atoms with Crippen molar-refractivity contribution in [1.82, 2.24) is 5.43 Å². The first-order valence-electron chi connectivity index (χ1n) is 4.59. The fourth-order valence-electron chi connectivity index (χ4n) is 1.01. The number of carbonyl (C=O) groups is 1. The summed E-state index contributed by atoms with van der Waals surface area (Å²) in [7, 11) is 0. The van der Waals surface area contributed by atoms with Crippen LogP contribution in [-0.2, 0) is 4.79 Å². The Morgan fingerprint density at radius 1 is 1.50 bits per heavy atom. The Balaban J connectivity index is 2.67. The number of hydrogen-bond acceptors (Lipinski definition) is 3. The van der Waals surface area contributed by atoms with Crippen molar-refractivity contribution < 1.29 is 4.79 Å². The standard InChI is InChI=1S/C11H10BrN3O/c1-8(14-15-11(16)6-7-13)9-2-4-10(12)5-3-9/h2-5H,6H2,1H3,(H,15,16)/b14-8+. The van der Waals surface area contributed by atoms with E-state index in [1.54, 1.807) is 13.0 Å². The van der Waals surface area contributed by atoms with E-state index in [-0.39, 0.29) is 6.42 Å². The van der Waals surface area contributed by atoms with E-state index in [2.05, 4.69) is 26.5 Å². The molecule has 0 saturated heterocycles. The Bertz CT molecular complexity index is 445. The van der Waals surface area contributed by atoms with Gasteiger partial charge in [0.15, 0.2) is 0 Å². The van der Waals surface area contributed by atoms with Gasteiger partial charge in [0, 0.05) is 4.47 Å². The maximum absolute atomic E-state index is 11.0. The van der Waals surface area contributed by atoms with Gasteiger partial charge in [0.05, 0.1) is 11.8 Å². The van der Waals surface area contributed by atoms with E-state index in [9.17, 15) is 4.79 Å². The largest absolute Gasteiger partial charge is 0.272 e. The molecule has 1 rings (SSSR count). The number of nitriles is 1. The molecule has 0 aliphatic rings. The van der Waals surface area contributed by atoms with Crippen LogP contribution in [0.5, 0.6) is 0 Å². The van der Waals surface area contributed by atoms with Crippen molar-refractivity contribution in [2.45, 2.75) is 13.3 Å². The molecule has 1 N–H and O–H groups in total. The Morgan fingerprint density at radius 2 is 2.12 bits per heavy atom. The average Bonchev–Trinajstić information content (AvgIpc) is 2.27. The van der Waals surface area contributed by atoms with Gasteiger partial charge in [-0.2, -0.15) is 10.4 Å². The number of rotatable bonds is 3. The molecule has 82 valence electrons. The summed E-state index contributed by atoms with van der Waals surface area (Å²) in [6, 6.07) is 9.32. The maximum atomic E-state index is 11.0. The fourth-order valence-corrected chi connectivity index (χ4v) is 1.28. The monoisotopic (exact) mass is 279 g/mol. The van der Waals surface area contributed by atoms with Crippen molar-refractivity contribution in [3.8, 4) is 6.07 Å². The van der Waals surface area contributed by atoms with Crippen molar-refractivity contribution in [1.29, 1.82) is 5.26 Å². The van der Waals surface area contributed by atoms with Crippen LogP contribution in [0.15, 0.2) is 33.8 Å². The zero-order valence-electron chi connectivity index (χ0n) is 8.70. The molecule has 0 radical (unpaired) electrons. The van der Waals surface area contributed by atoms with Crippen molar-refractivity contribution in [2.75, 3.05) is 0 Å². The molecule has 0 aromatic heterocycles. The lowest BCUT2D eigenvalue weighted by molar-refractivity contribution is -0.120. The highest BCUT2D eigenvalue weighted by molar-refractivity contribution is 9.10. The number of hydrazone groups is 1. The molecular formula is C11H10BrN3O.